The van der Waals surface area contributed by atoms with Crippen molar-refractivity contribution in [2.45, 2.75) is 73.3 Å². The molecule has 6 heteroatoms. The Morgan fingerprint density at radius 2 is 1.55 bits per heavy atom. The molecule has 0 bridgehead atoms. The van der Waals surface area contributed by atoms with Crippen molar-refractivity contribution in [3.05, 3.63) is 71.6 Å². The van der Waals surface area contributed by atoms with E-state index in [2.05, 4.69) is 39.5 Å². The van der Waals surface area contributed by atoms with Crippen LogP contribution >= 0.6 is 0 Å². The van der Waals surface area contributed by atoms with Gasteiger partial charge in [0.25, 0.3) is 0 Å². The molecule has 218 valence electrons. The lowest BCUT2D eigenvalue weighted by atomic mass is 10.0. The van der Waals surface area contributed by atoms with Gasteiger partial charge in [-0.2, -0.15) is 4.39 Å². The zero-order valence-electron chi connectivity index (χ0n) is 25.2. The Morgan fingerprint density at radius 3 is 2.15 bits per heavy atom. The lowest BCUT2D eigenvalue weighted by Gasteiger charge is -2.35. The number of quaternary nitrogens is 1. The van der Waals surface area contributed by atoms with Crippen LogP contribution in [0, 0.1) is 11.6 Å². The van der Waals surface area contributed by atoms with Crippen LogP contribution in [0.5, 0.6) is 0 Å². The maximum absolute atomic E-state index is 15.6. The van der Waals surface area contributed by atoms with Crippen LogP contribution in [0.4, 0.5) is 18.9 Å². The zero-order valence-corrected chi connectivity index (χ0v) is 25.2. The number of aromatic nitrogens is 1. The topological polar surface area (TPSA) is 7.12 Å². The maximum atomic E-state index is 15.6. The number of pyridine rings is 1. The van der Waals surface area contributed by atoms with Crippen molar-refractivity contribution in [3.63, 3.8) is 0 Å². The molecule has 0 fully saturated rings. The second-order valence-electron chi connectivity index (χ2n) is 10.9. The molecule has 0 unspecified atom stereocenters. The van der Waals surface area contributed by atoms with E-state index in [9.17, 15) is 4.39 Å². The van der Waals surface area contributed by atoms with Crippen molar-refractivity contribution < 1.29 is 22.2 Å². The molecule has 3 nitrogen and oxygen atoms in total. The highest BCUT2D eigenvalue weighted by atomic mass is 19.1. The molecule has 0 aliphatic carbocycles. The van der Waals surface area contributed by atoms with Crippen molar-refractivity contribution in [1.82, 2.24) is 0 Å². The van der Waals surface area contributed by atoms with Gasteiger partial charge in [0.1, 0.15) is 5.83 Å². The maximum Gasteiger partial charge on any atom is 0.205 e. The van der Waals surface area contributed by atoms with Crippen molar-refractivity contribution in [3.8, 4) is 0 Å². The van der Waals surface area contributed by atoms with Gasteiger partial charge in [0.2, 0.25) is 6.20 Å². The molecule has 1 aromatic heterocycles. The molecule has 0 aliphatic rings. The summed E-state index contributed by atoms with van der Waals surface area (Å²) in [4.78, 5) is 2.13. The summed E-state index contributed by atoms with van der Waals surface area (Å²) in [6.45, 7) is 17.5. The first kappa shape index (κ1) is 31.7. The van der Waals surface area contributed by atoms with E-state index >= 15 is 8.78 Å². The van der Waals surface area contributed by atoms with Crippen LogP contribution in [0.25, 0.3) is 22.7 Å². The van der Waals surface area contributed by atoms with E-state index in [1.807, 2.05) is 12.1 Å². The number of nitrogens with zero attached hydrogens (tertiary/aromatic N) is 3. The SMILES string of the molecule is CCCCN(CCCC)c1ccc2cc(C=C(F)c3cc[n+](CCC[N+](CC)(CC)CC)cc3F)ccc2c1F. The van der Waals surface area contributed by atoms with Crippen LogP contribution in [0.3, 0.4) is 0 Å². The molecule has 0 aliphatic heterocycles. The Hall–Kier alpha value is -2.86. The van der Waals surface area contributed by atoms with Gasteiger partial charge in [0, 0.05) is 24.5 Å². The molecule has 0 amide bonds. The van der Waals surface area contributed by atoms with Gasteiger partial charge in [0.05, 0.1) is 43.9 Å². The van der Waals surface area contributed by atoms with E-state index in [0.29, 0.717) is 28.6 Å². The van der Waals surface area contributed by atoms with Crippen LogP contribution < -0.4 is 9.47 Å². The minimum atomic E-state index is -0.648. The first-order chi connectivity index (χ1) is 19.3. The van der Waals surface area contributed by atoms with E-state index in [1.54, 1.807) is 29.0 Å². The molecular weight excluding hydrogens is 507 g/mol. The summed E-state index contributed by atoms with van der Waals surface area (Å²) in [5.74, 6) is -1.48. The number of benzene rings is 2. The Morgan fingerprint density at radius 1 is 0.875 bits per heavy atom. The van der Waals surface area contributed by atoms with Crippen LogP contribution in [0.15, 0.2) is 48.8 Å². The zero-order chi connectivity index (χ0) is 29.1. The largest absolute Gasteiger partial charge is 0.369 e. The number of anilines is 1. The highest BCUT2D eigenvalue weighted by Crippen LogP contribution is 2.30. The number of aryl methyl sites for hydroxylation is 1. The van der Waals surface area contributed by atoms with Crippen molar-refractivity contribution in [1.29, 1.82) is 0 Å². The van der Waals surface area contributed by atoms with Gasteiger partial charge in [-0.3, -0.25) is 0 Å². The summed E-state index contributed by atoms with van der Waals surface area (Å²) in [6.07, 6.45) is 9.50. The second kappa shape index (κ2) is 15.2. The summed E-state index contributed by atoms with van der Waals surface area (Å²) in [7, 11) is 0. The average Bonchev–Trinajstić information content (AvgIpc) is 2.96. The molecule has 0 spiro atoms. The van der Waals surface area contributed by atoms with E-state index in [4.69, 9.17) is 0 Å². The van der Waals surface area contributed by atoms with Gasteiger partial charge < -0.3 is 9.38 Å². The number of hydrogen-bond acceptors (Lipinski definition) is 1. The molecular formula is C34H48F3N3+2. The fourth-order valence-electron chi connectivity index (χ4n) is 5.48. The number of hydrogen-bond donors (Lipinski definition) is 0. The summed E-state index contributed by atoms with van der Waals surface area (Å²) in [5.41, 5.74) is 1.11. The number of unbranched alkanes of at least 4 members (excludes halogenated alkanes) is 2. The van der Waals surface area contributed by atoms with Gasteiger partial charge >= 0.3 is 0 Å². The van der Waals surface area contributed by atoms with Crippen LogP contribution in [0.2, 0.25) is 0 Å². The van der Waals surface area contributed by atoms with E-state index in [0.717, 1.165) is 75.9 Å². The lowest BCUT2D eigenvalue weighted by molar-refractivity contribution is -0.925. The van der Waals surface area contributed by atoms with Crippen LogP contribution in [-0.2, 0) is 6.54 Å². The highest BCUT2D eigenvalue weighted by Gasteiger charge is 2.21. The molecule has 0 saturated carbocycles. The van der Waals surface area contributed by atoms with Gasteiger partial charge in [-0.05, 0) is 62.8 Å². The third-order valence-corrected chi connectivity index (χ3v) is 8.44. The quantitative estimate of drug-likeness (QED) is 0.127. The van der Waals surface area contributed by atoms with Crippen molar-refractivity contribution in [2.75, 3.05) is 44.2 Å². The Kier molecular flexibility index (Phi) is 12.1. The number of rotatable bonds is 16. The van der Waals surface area contributed by atoms with Gasteiger partial charge in [-0.25, -0.2) is 13.3 Å². The van der Waals surface area contributed by atoms with E-state index < -0.39 is 11.6 Å². The number of fused-ring (bicyclic) bond motifs is 1. The average molecular weight is 556 g/mol. The summed E-state index contributed by atoms with van der Waals surface area (Å²) in [6, 6.07) is 10.4. The molecule has 0 radical (unpaired) electrons. The summed E-state index contributed by atoms with van der Waals surface area (Å²) >= 11 is 0. The molecule has 3 aromatic rings. The third kappa shape index (κ3) is 7.87. The van der Waals surface area contributed by atoms with Gasteiger partial charge in [-0.1, -0.05) is 44.9 Å². The monoisotopic (exact) mass is 555 g/mol. The minimum absolute atomic E-state index is 0.0684. The fraction of sp³-hybridized carbons (Fsp3) is 0.500. The standard InChI is InChI=1S/C34H48F3N3/c1-6-11-20-39(21-12-7-2)33-17-15-28-24-27(14-16-29(28)34(33)37)25-31(35)30-18-22-38(26-32(30)36)19-13-23-40(8-3,9-4)10-5/h14-18,22,24-26H,6-13,19-21,23H2,1-5H3/q+2. The van der Waals surface area contributed by atoms with Crippen LogP contribution in [-0.4, -0.2) is 43.8 Å². The smallest absolute Gasteiger partial charge is 0.205 e. The first-order valence-corrected chi connectivity index (χ1v) is 15.2. The first-order valence-electron chi connectivity index (χ1n) is 15.2. The van der Waals surface area contributed by atoms with Crippen molar-refractivity contribution >= 4 is 28.4 Å². The normalized spacial score (nSPS) is 12.3. The predicted octanol–water partition coefficient (Wildman–Crippen LogP) is 8.55. The Bertz CT molecular complexity index is 1250. The fourth-order valence-corrected chi connectivity index (χ4v) is 5.48. The minimum Gasteiger partial charge on any atom is -0.369 e. The predicted molar refractivity (Wildman–Crippen MR) is 163 cm³/mol. The molecule has 3 rings (SSSR count). The van der Waals surface area contributed by atoms with E-state index in [1.165, 1.54) is 18.3 Å². The second-order valence-corrected chi connectivity index (χ2v) is 10.9. The molecule has 1 heterocycles. The summed E-state index contributed by atoms with van der Waals surface area (Å²) < 4.78 is 48.5. The third-order valence-electron chi connectivity index (χ3n) is 8.44. The Balaban J connectivity index is 1.77. The summed E-state index contributed by atoms with van der Waals surface area (Å²) in [5, 5.41) is 1.21. The molecule has 40 heavy (non-hydrogen) atoms. The Labute approximate surface area is 239 Å². The molecule has 0 saturated heterocycles. The van der Waals surface area contributed by atoms with Crippen LogP contribution in [0.1, 0.15) is 77.8 Å². The van der Waals surface area contributed by atoms with Gasteiger partial charge in [0.15, 0.2) is 24.4 Å². The molecule has 2 aromatic carbocycles. The van der Waals surface area contributed by atoms with E-state index in [-0.39, 0.29) is 11.4 Å². The molecule has 0 N–H and O–H groups in total. The molecule has 0 atom stereocenters. The van der Waals surface area contributed by atoms with Crippen molar-refractivity contribution in [2.24, 2.45) is 0 Å². The lowest BCUT2D eigenvalue weighted by Crippen LogP contribution is -2.49. The van der Waals surface area contributed by atoms with Gasteiger partial charge in [-0.15, -0.1) is 0 Å². The highest BCUT2D eigenvalue weighted by molar-refractivity contribution is 5.90. The number of halogens is 3.